The molecule has 0 spiro atoms. The Morgan fingerprint density at radius 3 is 2.62 bits per heavy atom. The number of rotatable bonds is 3. The first-order chi connectivity index (χ1) is 12.5. The molecule has 0 bridgehead atoms. The predicted octanol–water partition coefficient (Wildman–Crippen LogP) is 0.875. The van der Waals surface area contributed by atoms with Gasteiger partial charge in [-0.1, -0.05) is 0 Å². The predicted molar refractivity (Wildman–Crippen MR) is 98.8 cm³/mol. The SMILES string of the molecule is O=C(NC1CCN(c2ncnc3c2CCCC3)CC1)C1CCS(=O)(=O)C1. The maximum atomic E-state index is 12.3. The number of anilines is 1. The second-order valence-electron chi connectivity index (χ2n) is 7.70. The molecule has 1 aromatic rings. The molecule has 1 atom stereocenters. The molecule has 0 radical (unpaired) electrons. The van der Waals surface area contributed by atoms with Crippen molar-refractivity contribution in [3.05, 3.63) is 17.6 Å². The van der Waals surface area contributed by atoms with Gasteiger partial charge in [0, 0.05) is 30.4 Å². The number of fused-ring (bicyclic) bond motifs is 1. The normalized spacial score (nSPS) is 25.7. The van der Waals surface area contributed by atoms with Crippen LogP contribution in [0.4, 0.5) is 5.82 Å². The highest BCUT2D eigenvalue weighted by Gasteiger charge is 2.34. The summed E-state index contributed by atoms with van der Waals surface area (Å²) in [6.45, 7) is 1.72. The Hall–Kier alpha value is -1.70. The van der Waals surface area contributed by atoms with Crippen LogP contribution < -0.4 is 10.2 Å². The van der Waals surface area contributed by atoms with E-state index in [9.17, 15) is 13.2 Å². The van der Waals surface area contributed by atoms with E-state index in [-0.39, 0.29) is 29.4 Å². The van der Waals surface area contributed by atoms with Crippen LogP contribution in [0.5, 0.6) is 0 Å². The zero-order chi connectivity index (χ0) is 18.1. The quantitative estimate of drug-likeness (QED) is 0.839. The number of piperidine rings is 1. The van der Waals surface area contributed by atoms with Crippen LogP contribution in [0.1, 0.15) is 43.4 Å². The van der Waals surface area contributed by atoms with Gasteiger partial charge in [-0.05, 0) is 44.9 Å². The Kier molecular flexibility index (Phi) is 4.86. The first-order valence-corrected chi connectivity index (χ1v) is 11.4. The van der Waals surface area contributed by atoms with Crippen LogP contribution in [0.3, 0.4) is 0 Å². The van der Waals surface area contributed by atoms with Gasteiger partial charge in [-0.15, -0.1) is 0 Å². The Bertz CT molecular complexity index is 788. The third-order valence-corrected chi connectivity index (χ3v) is 7.61. The summed E-state index contributed by atoms with van der Waals surface area (Å²) in [6, 6.07) is 0.125. The highest BCUT2D eigenvalue weighted by Crippen LogP contribution is 2.29. The summed E-state index contributed by atoms with van der Waals surface area (Å²) in [5, 5.41) is 3.07. The number of nitrogens with one attached hydrogen (secondary N) is 1. The zero-order valence-electron chi connectivity index (χ0n) is 15.0. The first-order valence-electron chi connectivity index (χ1n) is 9.60. The number of sulfone groups is 1. The average molecular weight is 378 g/mol. The Labute approximate surface area is 154 Å². The van der Waals surface area contributed by atoms with Gasteiger partial charge in [0.2, 0.25) is 5.91 Å². The Balaban J connectivity index is 1.34. The molecule has 2 saturated heterocycles. The minimum Gasteiger partial charge on any atom is -0.356 e. The molecule has 8 heteroatoms. The van der Waals surface area contributed by atoms with E-state index in [1.807, 2.05) is 0 Å². The summed E-state index contributed by atoms with van der Waals surface area (Å²) >= 11 is 0. The lowest BCUT2D eigenvalue weighted by Crippen LogP contribution is -2.47. The number of aryl methyl sites for hydroxylation is 1. The molecule has 3 heterocycles. The van der Waals surface area contributed by atoms with Gasteiger partial charge in [0.25, 0.3) is 0 Å². The van der Waals surface area contributed by atoms with E-state index in [0.717, 1.165) is 44.6 Å². The number of amides is 1. The van der Waals surface area contributed by atoms with Crippen molar-refractivity contribution in [2.45, 2.75) is 51.0 Å². The zero-order valence-corrected chi connectivity index (χ0v) is 15.8. The minimum absolute atomic E-state index is 0.00471. The fraction of sp³-hybridized carbons (Fsp3) is 0.722. The number of hydrogen-bond acceptors (Lipinski definition) is 6. The lowest BCUT2D eigenvalue weighted by atomic mass is 9.95. The molecule has 1 aliphatic carbocycles. The van der Waals surface area contributed by atoms with Crippen LogP contribution in [0, 0.1) is 5.92 Å². The van der Waals surface area contributed by atoms with Gasteiger partial charge in [-0.3, -0.25) is 4.79 Å². The highest BCUT2D eigenvalue weighted by atomic mass is 32.2. The summed E-state index contributed by atoms with van der Waals surface area (Å²) in [7, 11) is -3.02. The molecule has 4 rings (SSSR count). The second-order valence-corrected chi connectivity index (χ2v) is 9.93. The molecule has 7 nitrogen and oxygen atoms in total. The largest absolute Gasteiger partial charge is 0.356 e. The highest BCUT2D eigenvalue weighted by molar-refractivity contribution is 7.91. The van der Waals surface area contributed by atoms with Crippen LogP contribution >= 0.6 is 0 Å². The topological polar surface area (TPSA) is 92.3 Å². The molecule has 2 aliphatic heterocycles. The van der Waals surface area contributed by atoms with Crippen molar-refractivity contribution >= 4 is 21.6 Å². The lowest BCUT2D eigenvalue weighted by Gasteiger charge is -2.35. The van der Waals surface area contributed by atoms with Crippen molar-refractivity contribution in [1.82, 2.24) is 15.3 Å². The molecule has 3 aliphatic rings. The molecular formula is C18H26N4O3S. The molecule has 2 fully saturated rings. The van der Waals surface area contributed by atoms with Crippen LogP contribution in [0.2, 0.25) is 0 Å². The van der Waals surface area contributed by atoms with Crippen molar-refractivity contribution in [1.29, 1.82) is 0 Å². The van der Waals surface area contributed by atoms with Gasteiger partial charge in [0.1, 0.15) is 12.1 Å². The van der Waals surface area contributed by atoms with Crippen molar-refractivity contribution in [2.75, 3.05) is 29.5 Å². The minimum atomic E-state index is -3.02. The van der Waals surface area contributed by atoms with Crippen LogP contribution in [0.25, 0.3) is 0 Å². The average Bonchev–Trinajstić information content (AvgIpc) is 3.02. The number of aromatic nitrogens is 2. The molecule has 1 unspecified atom stereocenters. The first kappa shape index (κ1) is 17.7. The van der Waals surface area contributed by atoms with Crippen molar-refractivity contribution in [3.63, 3.8) is 0 Å². The smallest absolute Gasteiger partial charge is 0.224 e. The summed E-state index contributed by atoms with van der Waals surface area (Å²) in [4.78, 5) is 23.6. The maximum absolute atomic E-state index is 12.3. The molecule has 26 heavy (non-hydrogen) atoms. The van der Waals surface area contributed by atoms with E-state index >= 15 is 0 Å². The summed E-state index contributed by atoms with van der Waals surface area (Å²) < 4.78 is 23.1. The molecular weight excluding hydrogens is 352 g/mol. The van der Waals surface area contributed by atoms with Gasteiger partial charge < -0.3 is 10.2 Å². The molecule has 1 amide bonds. The van der Waals surface area contributed by atoms with E-state index in [4.69, 9.17) is 0 Å². The van der Waals surface area contributed by atoms with E-state index in [2.05, 4.69) is 20.2 Å². The number of nitrogens with zero attached hydrogens (tertiary/aromatic N) is 3. The monoisotopic (exact) mass is 378 g/mol. The molecule has 0 aromatic carbocycles. The molecule has 0 saturated carbocycles. The van der Waals surface area contributed by atoms with Gasteiger partial charge in [-0.25, -0.2) is 18.4 Å². The summed E-state index contributed by atoms with van der Waals surface area (Å²) in [5.41, 5.74) is 2.50. The Morgan fingerprint density at radius 1 is 1.12 bits per heavy atom. The third-order valence-electron chi connectivity index (χ3n) is 5.85. The van der Waals surface area contributed by atoms with Gasteiger partial charge >= 0.3 is 0 Å². The van der Waals surface area contributed by atoms with E-state index < -0.39 is 9.84 Å². The molecule has 1 aromatic heterocycles. The van der Waals surface area contributed by atoms with Crippen LogP contribution in [-0.4, -0.2) is 54.9 Å². The number of carbonyl (C=O) groups is 1. The number of carbonyl (C=O) groups excluding carboxylic acids is 1. The summed E-state index contributed by atoms with van der Waals surface area (Å²) in [5.74, 6) is 0.754. The van der Waals surface area contributed by atoms with Crippen LogP contribution in [0.15, 0.2) is 6.33 Å². The molecule has 1 N–H and O–H groups in total. The summed E-state index contributed by atoms with van der Waals surface area (Å²) in [6.07, 6.45) is 8.36. The van der Waals surface area contributed by atoms with Crippen molar-refractivity contribution in [3.8, 4) is 0 Å². The van der Waals surface area contributed by atoms with Crippen LogP contribution in [-0.2, 0) is 27.5 Å². The van der Waals surface area contributed by atoms with Gasteiger partial charge in [0.05, 0.1) is 17.4 Å². The number of hydrogen-bond donors (Lipinski definition) is 1. The van der Waals surface area contributed by atoms with Crippen molar-refractivity contribution < 1.29 is 13.2 Å². The standard InChI is InChI=1S/C18H26N4O3S/c23-18(13-7-10-26(24,25)11-13)21-14-5-8-22(9-6-14)17-15-3-1-2-4-16(15)19-12-20-17/h12-14H,1-11H2,(H,21,23). The van der Waals surface area contributed by atoms with Gasteiger partial charge in [-0.2, -0.15) is 0 Å². The Morgan fingerprint density at radius 2 is 1.88 bits per heavy atom. The van der Waals surface area contributed by atoms with Crippen molar-refractivity contribution in [2.24, 2.45) is 5.92 Å². The van der Waals surface area contributed by atoms with Gasteiger partial charge in [0.15, 0.2) is 9.84 Å². The fourth-order valence-electron chi connectivity index (χ4n) is 4.33. The molecule has 142 valence electrons. The maximum Gasteiger partial charge on any atom is 0.224 e. The fourth-order valence-corrected chi connectivity index (χ4v) is 6.07. The third kappa shape index (κ3) is 3.70. The van der Waals surface area contributed by atoms with E-state index in [1.165, 1.54) is 24.1 Å². The lowest BCUT2D eigenvalue weighted by molar-refractivity contribution is -0.125. The van der Waals surface area contributed by atoms with E-state index in [0.29, 0.717) is 6.42 Å². The van der Waals surface area contributed by atoms with E-state index in [1.54, 1.807) is 6.33 Å². The second kappa shape index (κ2) is 7.13.